The molecule has 0 saturated carbocycles. The van der Waals surface area contributed by atoms with Crippen molar-refractivity contribution in [1.82, 2.24) is 9.29 Å². The van der Waals surface area contributed by atoms with E-state index in [0.29, 0.717) is 19.0 Å². The van der Waals surface area contributed by atoms with E-state index < -0.39 is 10.0 Å². The quantitative estimate of drug-likeness (QED) is 0.861. The first-order valence-corrected chi connectivity index (χ1v) is 9.67. The summed E-state index contributed by atoms with van der Waals surface area (Å²) >= 11 is 3.51. The van der Waals surface area contributed by atoms with Crippen molar-refractivity contribution in [3.8, 4) is 0 Å². The van der Waals surface area contributed by atoms with Crippen molar-refractivity contribution in [3.05, 3.63) is 34.8 Å². The second-order valence-corrected chi connectivity index (χ2v) is 8.58. The van der Waals surface area contributed by atoms with E-state index >= 15 is 0 Å². The van der Waals surface area contributed by atoms with Gasteiger partial charge >= 0.3 is 0 Å². The van der Waals surface area contributed by atoms with Crippen molar-refractivity contribution >= 4 is 42.7 Å². The topological polar surface area (TPSA) is 62.3 Å². The molecule has 0 atom stereocenters. The van der Waals surface area contributed by atoms with Gasteiger partial charge in [0, 0.05) is 35.4 Å². The van der Waals surface area contributed by atoms with Crippen LogP contribution in [-0.2, 0) is 10.0 Å². The summed E-state index contributed by atoms with van der Waals surface area (Å²) in [6.07, 6.45) is 0. The Morgan fingerprint density at radius 3 is 2.82 bits per heavy atom. The molecule has 0 aliphatic carbocycles. The van der Waals surface area contributed by atoms with Gasteiger partial charge in [-0.3, -0.25) is 0 Å². The zero-order valence-electron chi connectivity index (χ0n) is 12.3. The van der Waals surface area contributed by atoms with E-state index in [2.05, 4.69) is 26.2 Å². The van der Waals surface area contributed by atoms with Crippen LogP contribution in [0.5, 0.6) is 0 Å². The second kappa shape index (κ2) is 6.14. The van der Waals surface area contributed by atoms with Gasteiger partial charge in [0.05, 0.1) is 11.3 Å². The molecular formula is C15H18BrN3O2S. The molecule has 0 amide bonds. The lowest BCUT2D eigenvalue weighted by atomic mass is 10.0. The van der Waals surface area contributed by atoms with Crippen molar-refractivity contribution in [1.29, 1.82) is 0 Å². The maximum Gasteiger partial charge on any atom is 0.213 e. The summed E-state index contributed by atoms with van der Waals surface area (Å²) in [5.74, 6) is 1.34. The van der Waals surface area contributed by atoms with Crippen LogP contribution in [-0.4, -0.2) is 43.1 Å². The van der Waals surface area contributed by atoms with E-state index in [1.165, 1.54) is 0 Å². The Kier molecular flexibility index (Phi) is 4.38. The van der Waals surface area contributed by atoms with Gasteiger partial charge in [-0.2, -0.15) is 0 Å². The predicted octanol–water partition coefficient (Wildman–Crippen LogP) is 2.69. The first-order chi connectivity index (χ1) is 10.5. The summed E-state index contributed by atoms with van der Waals surface area (Å²) in [7, 11) is -3.03. The number of hydrogen-bond acceptors (Lipinski definition) is 4. The third-order valence-corrected chi connectivity index (χ3v) is 6.38. The molecule has 1 saturated heterocycles. The molecule has 1 fully saturated rings. The monoisotopic (exact) mass is 383 g/mol. The third kappa shape index (κ3) is 3.11. The molecule has 0 unspecified atom stereocenters. The number of benzene rings is 1. The van der Waals surface area contributed by atoms with Gasteiger partial charge in [0.15, 0.2) is 0 Å². The summed E-state index contributed by atoms with van der Waals surface area (Å²) in [6.45, 7) is 3.61. The number of aromatic nitrogens is 1. The molecule has 0 spiro atoms. The fourth-order valence-corrected chi connectivity index (χ4v) is 4.23. The van der Waals surface area contributed by atoms with Crippen LogP contribution in [0.2, 0.25) is 0 Å². The van der Waals surface area contributed by atoms with Crippen molar-refractivity contribution < 1.29 is 8.42 Å². The van der Waals surface area contributed by atoms with Gasteiger partial charge in [-0.05, 0) is 41.1 Å². The van der Waals surface area contributed by atoms with Crippen LogP contribution >= 0.6 is 15.9 Å². The van der Waals surface area contributed by atoms with Crippen molar-refractivity contribution in [2.75, 3.05) is 30.7 Å². The lowest BCUT2D eigenvalue weighted by Gasteiger charge is -2.38. The highest BCUT2D eigenvalue weighted by molar-refractivity contribution is 9.10. The van der Waals surface area contributed by atoms with E-state index in [-0.39, 0.29) is 5.75 Å². The number of sulfonamides is 1. The number of nitrogens with one attached hydrogen (secondary N) is 1. The second-order valence-electron chi connectivity index (χ2n) is 5.47. The fraction of sp³-hybridized carbons (Fsp3) is 0.400. The number of anilines is 1. The Bertz CT molecular complexity index is 788. The normalized spacial score (nSPS) is 16.6. The molecule has 0 radical (unpaired) electrons. The van der Waals surface area contributed by atoms with Gasteiger partial charge in [-0.1, -0.05) is 12.1 Å². The highest BCUT2D eigenvalue weighted by Crippen LogP contribution is 2.24. The summed E-state index contributed by atoms with van der Waals surface area (Å²) in [5, 5.41) is 4.39. The molecule has 118 valence electrons. The highest BCUT2D eigenvalue weighted by atomic mass is 79.9. The lowest BCUT2D eigenvalue weighted by molar-refractivity contribution is 0.212. The van der Waals surface area contributed by atoms with Gasteiger partial charge in [0.25, 0.3) is 0 Å². The molecule has 2 heterocycles. The Hall–Kier alpha value is -1.18. The molecular weight excluding hydrogens is 366 g/mol. The van der Waals surface area contributed by atoms with Crippen LogP contribution in [0.3, 0.4) is 0 Å². The molecule has 5 nitrogen and oxygen atoms in total. The molecule has 1 aromatic carbocycles. The Labute approximate surface area is 138 Å². The summed E-state index contributed by atoms with van der Waals surface area (Å²) in [4.78, 5) is 4.60. The number of rotatable bonds is 5. The largest absolute Gasteiger partial charge is 0.370 e. The van der Waals surface area contributed by atoms with E-state index in [9.17, 15) is 8.42 Å². The molecule has 22 heavy (non-hydrogen) atoms. The number of para-hydroxylation sites is 1. The lowest BCUT2D eigenvalue weighted by Crippen LogP contribution is -2.52. The minimum Gasteiger partial charge on any atom is -0.370 e. The first-order valence-electron chi connectivity index (χ1n) is 7.26. The average Bonchev–Trinajstić information content (AvgIpc) is 2.46. The number of halogens is 1. The fourth-order valence-electron chi connectivity index (χ4n) is 2.52. The molecule has 7 heteroatoms. The van der Waals surface area contributed by atoms with Gasteiger partial charge in [0.2, 0.25) is 10.0 Å². The van der Waals surface area contributed by atoms with Gasteiger partial charge in [0.1, 0.15) is 5.82 Å². The van der Waals surface area contributed by atoms with E-state index in [1.54, 1.807) is 11.2 Å². The molecule has 1 aromatic heterocycles. The van der Waals surface area contributed by atoms with E-state index in [0.717, 1.165) is 27.7 Å². The molecule has 2 aromatic rings. The predicted molar refractivity (Wildman–Crippen MR) is 92.5 cm³/mol. The van der Waals surface area contributed by atoms with E-state index in [4.69, 9.17) is 0 Å². The summed E-state index contributed by atoms with van der Waals surface area (Å²) in [5.41, 5.74) is 0.927. The van der Waals surface area contributed by atoms with Crippen LogP contribution in [0.4, 0.5) is 5.82 Å². The van der Waals surface area contributed by atoms with Gasteiger partial charge < -0.3 is 5.32 Å². The standard InChI is InChI=1S/C15H18BrN3O2S/c1-2-22(20,21)19-9-11(10-19)8-17-14-7-6-12-4-3-5-13(16)15(12)18-14/h3-7,11H,2,8-10H2,1H3,(H,17,18). The number of fused-ring (bicyclic) bond motifs is 1. The Balaban J connectivity index is 1.60. The van der Waals surface area contributed by atoms with Crippen LogP contribution < -0.4 is 5.32 Å². The maximum atomic E-state index is 11.7. The number of hydrogen-bond donors (Lipinski definition) is 1. The van der Waals surface area contributed by atoms with Crippen LogP contribution in [0.25, 0.3) is 10.9 Å². The Morgan fingerprint density at radius 1 is 1.32 bits per heavy atom. The van der Waals surface area contributed by atoms with Crippen molar-refractivity contribution in [2.45, 2.75) is 6.92 Å². The molecule has 1 aliphatic heterocycles. The van der Waals surface area contributed by atoms with Crippen LogP contribution in [0.1, 0.15) is 6.92 Å². The maximum absolute atomic E-state index is 11.7. The van der Waals surface area contributed by atoms with Crippen molar-refractivity contribution in [2.24, 2.45) is 5.92 Å². The summed E-state index contributed by atoms with van der Waals surface area (Å²) < 4.78 is 25.9. The number of nitrogens with zero attached hydrogens (tertiary/aromatic N) is 2. The zero-order valence-corrected chi connectivity index (χ0v) is 14.7. The van der Waals surface area contributed by atoms with Gasteiger partial charge in [-0.15, -0.1) is 0 Å². The summed E-state index contributed by atoms with van der Waals surface area (Å²) in [6, 6.07) is 9.96. The first kappa shape index (κ1) is 15.7. The SMILES string of the molecule is CCS(=O)(=O)N1CC(CNc2ccc3cccc(Br)c3n2)C1. The van der Waals surface area contributed by atoms with Gasteiger partial charge in [-0.25, -0.2) is 17.7 Å². The third-order valence-electron chi connectivity index (χ3n) is 3.92. The highest BCUT2D eigenvalue weighted by Gasteiger charge is 2.34. The minimum absolute atomic E-state index is 0.174. The molecule has 1 N–H and O–H groups in total. The molecule has 3 rings (SSSR count). The van der Waals surface area contributed by atoms with E-state index in [1.807, 2.05) is 30.3 Å². The smallest absolute Gasteiger partial charge is 0.213 e. The number of pyridine rings is 1. The minimum atomic E-state index is -3.03. The Morgan fingerprint density at radius 2 is 2.09 bits per heavy atom. The molecule has 1 aliphatic rings. The van der Waals surface area contributed by atoms with Crippen molar-refractivity contribution in [3.63, 3.8) is 0 Å². The zero-order chi connectivity index (χ0) is 15.7. The average molecular weight is 384 g/mol. The molecule has 0 bridgehead atoms. The van der Waals surface area contributed by atoms with Crippen LogP contribution in [0.15, 0.2) is 34.8 Å². The van der Waals surface area contributed by atoms with Crippen LogP contribution in [0, 0.1) is 5.92 Å².